The summed E-state index contributed by atoms with van der Waals surface area (Å²) in [5, 5.41) is 11.5. The van der Waals surface area contributed by atoms with Gasteiger partial charge < -0.3 is 24.5 Å². The molecule has 7 nitrogen and oxygen atoms in total. The molecule has 2 amide bonds. The van der Waals surface area contributed by atoms with Crippen molar-refractivity contribution in [2.75, 3.05) is 59.5 Å². The van der Waals surface area contributed by atoms with Crippen molar-refractivity contribution in [3.8, 4) is 0 Å². The number of aliphatic hydroxyl groups excluding tert-OH is 1. The smallest absolute Gasteiger partial charge is 0.246 e. The van der Waals surface area contributed by atoms with E-state index in [0.717, 1.165) is 31.7 Å². The van der Waals surface area contributed by atoms with Crippen LogP contribution in [0.3, 0.4) is 0 Å². The van der Waals surface area contributed by atoms with E-state index in [2.05, 4.69) is 4.90 Å². The van der Waals surface area contributed by atoms with E-state index in [4.69, 9.17) is 27.9 Å². The third-order valence-corrected chi connectivity index (χ3v) is 7.21. The Labute approximate surface area is 212 Å². The molecule has 2 atom stereocenters. The molecule has 2 aliphatic heterocycles. The zero-order valence-electron chi connectivity index (χ0n) is 19.8. The van der Waals surface area contributed by atoms with Crippen LogP contribution in [0, 0.1) is 5.92 Å². The zero-order chi connectivity index (χ0) is 24.5. The van der Waals surface area contributed by atoms with Gasteiger partial charge in [0.2, 0.25) is 11.8 Å². The molecule has 0 aromatic heterocycles. The third kappa shape index (κ3) is 8.24. The largest absolute Gasteiger partial charge is 0.392 e. The summed E-state index contributed by atoms with van der Waals surface area (Å²) >= 11 is 12.0. The minimum absolute atomic E-state index is 0.0223. The van der Waals surface area contributed by atoms with Gasteiger partial charge in [0.05, 0.1) is 22.8 Å². The van der Waals surface area contributed by atoms with Gasteiger partial charge in [0.15, 0.2) is 0 Å². The van der Waals surface area contributed by atoms with Crippen molar-refractivity contribution in [3.63, 3.8) is 0 Å². The fraction of sp³-hybridized carbons (Fsp3) is 0.600. The Hall–Kier alpha value is -1.64. The molecule has 2 fully saturated rings. The minimum Gasteiger partial charge on any atom is -0.392 e. The quantitative estimate of drug-likeness (QED) is 0.515. The summed E-state index contributed by atoms with van der Waals surface area (Å²) in [4.78, 5) is 31.0. The molecule has 0 spiro atoms. The van der Waals surface area contributed by atoms with Crippen LogP contribution in [0.1, 0.15) is 31.2 Å². The summed E-state index contributed by atoms with van der Waals surface area (Å²) in [7, 11) is 1.73. The van der Waals surface area contributed by atoms with Gasteiger partial charge in [-0.05, 0) is 55.5 Å². The fourth-order valence-corrected chi connectivity index (χ4v) is 4.90. The van der Waals surface area contributed by atoms with E-state index in [9.17, 15) is 14.7 Å². The normalized spacial score (nSPS) is 21.2. The lowest BCUT2D eigenvalue weighted by Crippen LogP contribution is -2.42. The number of aliphatic hydroxyl groups is 1. The number of halogens is 2. The number of carbonyl (C=O) groups is 2. The van der Waals surface area contributed by atoms with E-state index in [-0.39, 0.29) is 18.2 Å². The molecule has 9 heteroatoms. The highest BCUT2D eigenvalue weighted by Gasteiger charge is 2.25. The molecule has 2 heterocycles. The maximum Gasteiger partial charge on any atom is 0.246 e. The van der Waals surface area contributed by atoms with Gasteiger partial charge in [0, 0.05) is 58.9 Å². The molecule has 0 bridgehead atoms. The lowest BCUT2D eigenvalue weighted by molar-refractivity contribution is -0.130. The van der Waals surface area contributed by atoms with E-state index in [0.29, 0.717) is 55.1 Å². The Morgan fingerprint density at radius 1 is 1.24 bits per heavy atom. The van der Waals surface area contributed by atoms with Crippen LogP contribution in [-0.4, -0.2) is 97.3 Å². The van der Waals surface area contributed by atoms with Crippen molar-refractivity contribution >= 4 is 41.1 Å². The highest BCUT2D eigenvalue weighted by molar-refractivity contribution is 6.42. The van der Waals surface area contributed by atoms with E-state index in [1.165, 1.54) is 12.5 Å². The van der Waals surface area contributed by atoms with E-state index in [1.54, 1.807) is 41.2 Å². The molecule has 2 aliphatic rings. The highest BCUT2D eigenvalue weighted by Crippen LogP contribution is 2.23. The van der Waals surface area contributed by atoms with Crippen LogP contribution < -0.4 is 0 Å². The molecule has 0 aliphatic carbocycles. The summed E-state index contributed by atoms with van der Waals surface area (Å²) in [5.41, 5.74) is 0.784. The van der Waals surface area contributed by atoms with E-state index in [1.807, 2.05) is 0 Å². The Morgan fingerprint density at radius 3 is 2.82 bits per heavy atom. The summed E-state index contributed by atoms with van der Waals surface area (Å²) in [5.74, 6) is 0.401. The maximum absolute atomic E-state index is 12.6. The summed E-state index contributed by atoms with van der Waals surface area (Å²) < 4.78 is 5.28. The van der Waals surface area contributed by atoms with Crippen molar-refractivity contribution in [3.05, 3.63) is 39.9 Å². The number of likely N-dealkylation sites (tertiary alicyclic amines) is 1. The molecular formula is C25H35Cl2N3O4. The van der Waals surface area contributed by atoms with Crippen LogP contribution in [-0.2, 0) is 14.3 Å². The number of rotatable bonds is 9. The van der Waals surface area contributed by atoms with Crippen molar-refractivity contribution in [1.29, 1.82) is 0 Å². The van der Waals surface area contributed by atoms with Gasteiger partial charge in [0.1, 0.15) is 0 Å². The van der Waals surface area contributed by atoms with Gasteiger partial charge in [-0.1, -0.05) is 29.3 Å². The Morgan fingerprint density at radius 2 is 2.06 bits per heavy atom. The lowest BCUT2D eigenvalue weighted by atomic mass is 9.98. The first-order valence-electron chi connectivity index (χ1n) is 11.9. The number of benzene rings is 1. The number of piperidine rings is 1. The molecule has 3 rings (SSSR count). The topological polar surface area (TPSA) is 73.3 Å². The van der Waals surface area contributed by atoms with Gasteiger partial charge >= 0.3 is 0 Å². The number of nitrogens with zero attached hydrogens (tertiary/aromatic N) is 3. The molecule has 1 N–H and O–H groups in total. The zero-order valence-corrected chi connectivity index (χ0v) is 21.3. The molecule has 0 radical (unpaired) electrons. The molecule has 1 aromatic carbocycles. The van der Waals surface area contributed by atoms with Gasteiger partial charge in [-0.2, -0.15) is 0 Å². The van der Waals surface area contributed by atoms with Gasteiger partial charge in [-0.3, -0.25) is 9.59 Å². The first-order valence-corrected chi connectivity index (χ1v) is 12.7. The van der Waals surface area contributed by atoms with Crippen LogP contribution in [0.15, 0.2) is 24.3 Å². The molecule has 1 aromatic rings. The monoisotopic (exact) mass is 511 g/mol. The number of ether oxygens (including phenoxy) is 1. The molecule has 2 unspecified atom stereocenters. The van der Waals surface area contributed by atoms with Gasteiger partial charge in [0.25, 0.3) is 0 Å². The van der Waals surface area contributed by atoms with Crippen LogP contribution in [0.2, 0.25) is 10.0 Å². The maximum atomic E-state index is 12.6. The predicted octanol–water partition coefficient (Wildman–Crippen LogP) is 3.18. The molecule has 188 valence electrons. The second-order valence-electron chi connectivity index (χ2n) is 9.13. The van der Waals surface area contributed by atoms with Crippen LogP contribution in [0.4, 0.5) is 0 Å². The van der Waals surface area contributed by atoms with Crippen LogP contribution in [0.5, 0.6) is 0 Å². The first kappa shape index (κ1) is 27.0. The van der Waals surface area contributed by atoms with Gasteiger partial charge in [-0.25, -0.2) is 0 Å². The number of β-amino-alcohol motifs (C(OH)–C–C–N with tert-alkyl or cyclic N) is 1. The van der Waals surface area contributed by atoms with Crippen molar-refractivity contribution in [2.45, 2.75) is 31.8 Å². The number of amides is 2. The number of hydrogen-bond donors (Lipinski definition) is 1. The average Bonchev–Trinajstić information content (AvgIpc) is 3.00. The van der Waals surface area contributed by atoms with E-state index < -0.39 is 6.10 Å². The summed E-state index contributed by atoms with van der Waals surface area (Å²) in [6.45, 7) is 5.13. The fourth-order valence-electron chi connectivity index (χ4n) is 4.60. The standard InChI is InChI=1S/C25H35Cl2N3O4/c1-34-18-20-3-2-10-28(16-20)17-21(31)8-11-29-13-14-30(12-9-25(29)33)24(32)7-5-19-4-6-22(26)23(27)15-19/h4-7,15,20-21,31H,2-3,8-14,16-18H2,1H3/b7-5+. The second kappa shape index (κ2) is 13.4. The summed E-state index contributed by atoms with van der Waals surface area (Å²) in [6, 6.07) is 5.18. The highest BCUT2D eigenvalue weighted by atomic mass is 35.5. The first-order chi connectivity index (χ1) is 16.4. The van der Waals surface area contributed by atoms with Crippen molar-refractivity contribution in [2.24, 2.45) is 5.92 Å². The van der Waals surface area contributed by atoms with Crippen molar-refractivity contribution in [1.82, 2.24) is 14.7 Å². The Kier molecular flexibility index (Phi) is 10.7. The average molecular weight is 512 g/mol. The third-order valence-electron chi connectivity index (χ3n) is 6.47. The van der Waals surface area contributed by atoms with Crippen LogP contribution >= 0.6 is 23.2 Å². The van der Waals surface area contributed by atoms with Crippen LogP contribution in [0.25, 0.3) is 6.08 Å². The molecular weight excluding hydrogens is 477 g/mol. The summed E-state index contributed by atoms with van der Waals surface area (Å²) in [6.07, 6.45) is 5.82. The SMILES string of the molecule is COCC1CCCN(CC(O)CCN2CCN(C(=O)/C=C/c3ccc(Cl)c(Cl)c3)CCC2=O)C1. The van der Waals surface area contributed by atoms with Crippen molar-refractivity contribution < 1.29 is 19.4 Å². The second-order valence-corrected chi connectivity index (χ2v) is 9.94. The molecule has 0 saturated carbocycles. The lowest BCUT2D eigenvalue weighted by Gasteiger charge is -2.34. The Bertz CT molecular complexity index is 865. The number of carbonyl (C=O) groups excluding carboxylic acids is 2. The Balaban J connectivity index is 1.44. The minimum atomic E-state index is -0.482. The predicted molar refractivity (Wildman–Crippen MR) is 135 cm³/mol. The van der Waals surface area contributed by atoms with E-state index >= 15 is 0 Å². The number of methoxy groups -OCH3 is 1. The number of hydrogen-bond acceptors (Lipinski definition) is 5. The molecule has 34 heavy (non-hydrogen) atoms. The van der Waals surface area contributed by atoms with Gasteiger partial charge in [-0.15, -0.1) is 0 Å². The molecule has 2 saturated heterocycles.